The topological polar surface area (TPSA) is 51.5 Å². The standard InChI is InChI=1S/C13H21NO3/c1-3-6-12(13(15)16-4-2)14-9-8-11-7-5-10-17-11/h5,7,10,12,14H,3-4,6,8-9H2,1-2H3. The molecule has 0 bridgehead atoms. The summed E-state index contributed by atoms with van der Waals surface area (Å²) in [5.41, 5.74) is 0. The van der Waals surface area contributed by atoms with Crippen LogP contribution in [0.25, 0.3) is 0 Å². The molecular weight excluding hydrogens is 218 g/mol. The Kier molecular flexibility index (Phi) is 6.40. The van der Waals surface area contributed by atoms with Gasteiger partial charge in [0, 0.05) is 13.0 Å². The minimum atomic E-state index is -0.199. The first-order valence-corrected chi connectivity index (χ1v) is 6.20. The zero-order valence-electron chi connectivity index (χ0n) is 10.6. The van der Waals surface area contributed by atoms with Gasteiger partial charge < -0.3 is 14.5 Å². The van der Waals surface area contributed by atoms with Crippen LogP contribution in [0.4, 0.5) is 0 Å². The van der Waals surface area contributed by atoms with Crippen LogP contribution in [-0.4, -0.2) is 25.2 Å². The maximum atomic E-state index is 11.6. The van der Waals surface area contributed by atoms with Crippen molar-refractivity contribution >= 4 is 5.97 Å². The van der Waals surface area contributed by atoms with E-state index in [9.17, 15) is 4.79 Å². The van der Waals surface area contributed by atoms with Gasteiger partial charge in [0.05, 0.1) is 12.9 Å². The minimum absolute atomic E-state index is 0.159. The number of carbonyl (C=O) groups is 1. The molecule has 0 saturated heterocycles. The van der Waals surface area contributed by atoms with Crippen molar-refractivity contribution in [2.75, 3.05) is 13.2 Å². The molecule has 1 unspecified atom stereocenters. The number of furan rings is 1. The maximum Gasteiger partial charge on any atom is 0.323 e. The highest BCUT2D eigenvalue weighted by Gasteiger charge is 2.17. The molecule has 1 atom stereocenters. The molecule has 1 aromatic heterocycles. The summed E-state index contributed by atoms with van der Waals surface area (Å²) in [6.07, 6.45) is 4.20. The molecule has 0 aliphatic heterocycles. The summed E-state index contributed by atoms with van der Waals surface area (Å²) >= 11 is 0. The Bertz CT molecular complexity index is 308. The van der Waals surface area contributed by atoms with Crippen molar-refractivity contribution < 1.29 is 13.9 Å². The second kappa shape index (κ2) is 7.90. The van der Waals surface area contributed by atoms with Crippen LogP contribution in [0.2, 0.25) is 0 Å². The normalized spacial score (nSPS) is 12.4. The van der Waals surface area contributed by atoms with Crippen molar-refractivity contribution in [2.24, 2.45) is 0 Å². The maximum absolute atomic E-state index is 11.6. The van der Waals surface area contributed by atoms with E-state index in [0.29, 0.717) is 6.61 Å². The van der Waals surface area contributed by atoms with E-state index in [2.05, 4.69) is 12.2 Å². The lowest BCUT2D eigenvalue weighted by Gasteiger charge is -2.15. The van der Waals surface area contributed by atoms with Gasteiger partial charge in [0.25, 0.3) is 0 Å². The van der Waals surface area contributed by atoms with Gasteiger partial charge >= 0.3 is 5.97 Å². The molecule has 1 N–H and O–H groups in total. The fraction of sp³-hybridized carbons (Fsp3) is 0.615. The van der Waals surface area contributed by atoms with Crippen LogP contribution in [0.5, 0.6) is 0 Å². The smallest absolute Gasteiger partial charge is 0.323 e. The molecule has 1 heterocycles. The number of esters is 1. The Hall–Kier alpha value is -1.29. The van der Waals surface area contributed by atoms with Crippen molar-refractivity contribution in [3.63, 3.8) is 0 Å². The Balaban J connectivity index is 2.31. The third-order valence-electron chi connectivity index (χ3n) is 2.49. The third-order valence-corrected chi connectivity index (χ3v) is 2.49. The Morgan fingerprint density at radius 2 is 2.35 bits per heavy atom. The Labute approximate surface area is 102 Å². The number of hydrogen-bond donors (Lipinski definition) is 1. The SMILES string of the molecule is CCCC(NCCc1ccco1)C(=O)OCC. The molecular formula is C13H21NO3. The average Bonchev–Trinajstić information content (AvgIpc) is 2.81. The predicted molar refractivity (Wildman–Crippen MR) is 65.7 cm³/mol. The summed E-state index contributed by atoms with van der Waals surface area (Å²) in [6, 6.07) is 3.60. The molecule has 96 valence electrons. The van der Waals surface area contributed by atoms with Gasteiger partial charge in [-0.1, -0.05) is 13.3 Å². The van der Waals surface area contributed by atoms with Crippen molar-refractivity contribution in [1.82, 2.24) is 5.32 Å². The van der Waals surface area contributed by atoms with Crippen molar-refractivity contribution in [1.29, 1.82) is 0 Å². The lowest BCUT2D eigenvalue weighted by atomic mass is 10.1. The molecule has 1 rings (SSSR count). The van der Waals surface area contributed by atoms with Gasteiger partial charge in [-0.2, -0.15) is 0 Å². The van der Waals surface area contributed by atoms with Gasteiger partial charge in [-0.3, -0.25) is 4.79 Å². The van der Waals surface area contributed by atoms with Crippen molar-refractivity contribution in [3.8, 4) is 0 Å². The van der Waals surface area contributed by atoms with Crippen LogP contribution >= 0.6 is 0 Å². The van der Waals surface area contributed by atoms with E-state index in [4.69, 9.17) is 9.15 Å². The molecule has 0 aliphatic rings. The highest BCUT2D eigenvalue weighted by Crippen LogP contribution is 2.02. The van der Waals surface area contributed by atoms with Crippen LogP contribution in [0.1, 0.15) is 32.4 Å². The second-order valence-corrected chi connectivity index (χ2v) is 3.88. The zero-order chi connectivity index (χ0) is 12.5. The van der Waals surface area contributed by atoms with E-state index in [-0.39, 0.29) is 12.0 Å². The first-order valence-electron chi connectivity index (χ1n) is 6.20. The molecule has 17 heavy (non-hydrogen) atoms. The molecule has 0 amide bonds. The van der Waals surface area contributed by atoms with E-state index in [0.717, 1.165) is 31.6 Å². The Morgan fingerprint density at radius 1 is 1.53 bits per heavy atom. The summed E-state index contributed by atoms with van der Waals surface area (Å²) in [4.78, 5) is 11.6. The second-order valence-electron chi connectivity index (χ2n) is 3.88. The first-order chi connectivity index (χ1) is 8.27. The molecule has 0 aliphatic carbocycles. The van der Waals surface area contributed by atoms with Crippen LogP contribution in [-0.2, 0) is 16.0 Å². The molecule has 0 radical (unpaired) electrons. The minimum Gasteiger partial charge on any atom is -0.469 e. The van der Waals surface area contributed by atoms with Crippen LogP contribution in [0.15, 0.2) is 22.8 Å². The summed E-state index contributed by atoms with van der Waals surface area (Å²) in [5.74, 6) is 0.769. The lowest BCUT2D eigenvalue weighted by molar-refractivity contribution is -0.145. The van der Waals surface area contributed by atoms with E-state index in [1.54, 1.807) is 6.26 Å². The van der Waals surface area contributed by atoms with E-state index >= 15 is 0 Å². The molecule has 0 aromatic carbocycles. The van der Waals surface area contributed by atoms with E-state index in [1.165, 1.54) is 0 Å². The van der Waals surface area contributed by atoms with Crippen molar-refractivity contribution in [2.45, 2.75) is 39.2 Å². The van der Waals surface area contributed by atoms with Gasteiger partial charge in [-0.25, -0.2) is 0 Å². The summed E-state index contributed by atoms with van der Waals surface area (Å²) in [5, 5.41) is 3.21. The molecule has 0 fully saturated rings. The largest absolute Gasteiger partial charge is 0.469 e. The third kappa shape index (κ3) is 5.04. The zero-order valence-corrected chi connectivity index (χ0v) is 10.6. The van der Waals surface area contributed by atoms with Gasteiger partial charge in [-0.15, -0.1) is 0 Å². The molecule has 4 heteroatoms. The van der Waals surface area contributed by atoms with E-state index in [1.807, 2.05) is 19.1 Å². The van der Waals surface area contributed by atoms with Crippen LogP contribution in [0.3, 0.4) is 0 Å². The average molecular weight is 239 g/mol. The van der Waals surface area contributed by atoms with E-state index < -0.39 is 0 Å². The number of rotatable bonds is 8. The summed E-state index contributed by atoms with van der Waals surface area (Å²) in [6.45, 7) is 5.03. The highest BCUT2D eigenvalue weighted by atomic mass is 16.5. The molecule has 1 aromatic rings. The molecule has 0 saturated carbocycles. The fourth-order valence-electron chi connectivity index (χ4n) is 1.66. The number of hydrogen-bond acceptors (Lipinski definition) is 4. The first kappa shape index (κ1) is 13.8. The summed E-state index contributed by atoms with van der Waals surface area (Å²) in [7, 11) is 0. The fourth-order valence-corrected chi connectivity index (χ4v) is 1.66. The Morgan fingerprint density at radius 3 is 2.94 bits per heavy atom. The van der Waals surface area contributed by atoms with Gasteiger partial charge in [0.15, 0.2) is 0 Å². The van der Waals surface area contributed by atoms with Gasteiger partial charge in [-0.05, 0) is 25.5 Å². The summed E-state index contributed by atoms with van der Waals surface area (Å²) < 4.78 is 10.2. The lowest BCUT2D eigenvalue weighted by Crippen LogP contribution is -2.39. The van der Waals surface area contributed by atoms with Crippen molar-refractivity contribution in [3.05, 3.63) is 24.2 Å². The van der Waals surface area contributed by atoms with Gasteiger partial charge in [0.2, 0.25) is 0 Å². The molecule has 4 nitrogen and oxygen atoms in total. The van der Waals surface area contributed by atoms with Gasteiger partial charge in [0.1, 0.15) is 11.8 Å². The highest BCUT2D eigenvalue weighted by molar-refractivity contribution is 5.75. The predicted octanol–water partition coefficient (Wildman–Crippen LogP) is 2.14. The number of ether oxygens (including phenoxy) is 1. The number of carbonyl (C=O) groups excluding carboxylic acids is 1. The van der Waals surface area contributed by atoms with Crippen LogP contribution < -0.4 is 5.32 Å². The van der Waals surface area contributed by atoms with Crippen LogP contribution in [0, 0.1) is 0 Å². The monoisotopic (exact) mass is 239 g/mol. The molecule has 0 spiro atoms. The number of nitrogens with one attached hydrogen (secondary N) is 1. The quantitative estimate of drug-likeness (QED) is 0.706.